The standard InChI is InChI=1S/C18H8Cl2FNO2S/c19-10-3-6-12-14(8-10)25-16(15(12)20)17-22-13(18(23)24-17)7-9-1-4-11(21)5-2-9/h1-8H/b13-7+. The minimum atomic E-state index is -0.578. The predicted molar refractivity (Wildman–Crippen MR) is 98.9 cm³/mol. The Morgan fingerprint density at radius 1 is 1.12 bits per heavy atom. The summed E-state index contributed by atoms with van der Waals surface area (Å²) in [7, 11) is 0. The summed E-state index contributed by atoms with van der Waals surface area (Å²) in [6.45, 7) is 0. The van der Waals surface area contributed by atoms with E-state index in [4.69, 9.17) is 27.9 Å². The van der Waals surface area contributed by atoms with Crippen LogP contribution in [-0.4, -0.2) is 11.9 Å². The summed E-state index contributed by atoms with van der Waals surface area (Å²) in [4.78, 5) is 16.9. The second kappa shape index (κ2) is 6.26. The van der Waals surface area contributed by atoms with Crippen molar-refractivity contribution in [3.8, 4) is 0 Å². The summed E-state index contributed by atoms with van der Waals surface area (Å²) in [5.74, 6) is -0.775. The van der Waals surface area contributed by atoms with Crippen molar-refractivity contribution in [2.75, 3.05) is 0 Å². The van der Waals surface area contributed by atoms with E-state index < -0.39 is 5.97 Å². The molecule has 0 unspecified atom stereocenters. The number of nitrogens with zero attached hydrogens (tertiary/aromatic N) is 1. The smallest absolute Gasteiger partial charge is 0.363 e. The van der Waals surface area contributed by atoms with Crippen molar-refractivity contribution in [3.05, 3.63) is 74.5 Å². The summed E-state index contributed by atoms with van der Waals surface area (Å²) >= 11 is 13.7. The molecule has 0 N–H and O–H groups in total. The summed E-state index contributed by atoms with van der Waals surface area (Å²) in [6.07, 6.45) is 1.53. The van der Waals surface area contributed by atoms with E-state index in [1.54, 1.807) is 24.3 Å². The molecule has 0 bridgehead atoms. The lowest BCUT2D eigenvalue weighted by molar-refractivity contribution is -0.129. The highest BCUT2D eigenvalue weighted by molar-refractivity contribution is 7.21. The molecule has 0 saturated heterocycles. The van der Waals surface area contributed by atoms with Gasteiger partial charge in [-0.15, -0.1) is 11.3 Å². The molecule has 0 saturated carbocycles. The second-order valence-electron chi connectivity index (χ2n) is 5.27. The van der Waals surface area contributed by atoms with Gasteiger partial charge in [0.15, 0.2) is 5.70 Å². The van der Waals surface area contributed by atoms with E-state index in [-0.39, 0.29) is 17.4 Å². The van der Waals surface area contributed by atoms with Crippen molar-refractivity contribution in [2.24, 2.45) is 4.99 Å². The van der Waals surface area contributed by atoms with Crippen LogP contribution in [0.3, 0.4) is 0 Å². The first kappa shape index (κ1) is 16.3. The number of carbonyl (C=O) groups is 1. The SMILES string of the molecule is O=C1OC(c2sc3cc(Cl)ccc3c2Cl)=N/C1=C/c1ccc(F)cc1. The molecule has 0 radical (unpaired) electrons. The lowest BCUT2D eigenvalue weighted by Crippen LogP contribution is -2.04. The number of aliphatic imine (C=N–C) groups is 1. The average molecular weight is 392 g/mol. The first-order chi connectivity index (χ1) is 12.0. The fourth-order valence-corrected chi connectivity index (χ4v) is 4.11. The fourth-order valence-electron chi connectivity index (χ4n) is 2.40. The molecule has 0 fully saturated rings. The highest BCUT2D eigenvalue weighted by Crippen LogP contribution is 2.38. The number of carbonyl (C=O) groups excluding carboxylic acids is 1. The van der Waals surface area contributed by atoms with Gasteiger partial charge in [-0.3, -0.25) is 0 Å². The zero-order valence-corrected chi connectivity index (χ0v) is 14.8. The highest BCUT2D eigenvalue weighted by atomic mass is 35.5. The molecule has 4 rings (SSSR count). The van der Waals surface area contributed by atoms with Gasteiger partial charge in [0.1, 0.15) is 10.7 Å². The Morgan fingerprint density at radius 2 is 1.88 bits per heavy atom. The van der Waals surface area contributed by atoms with Gasteiger partial charge >= 0.3 is 5.97 Å². The zero-order chi connectivity index (χ0) is 17.6. The summed E-state index contributed by atoms with van der Waals surface area (Å²) in [5, 5.41) is 1.88. The third-order valence-electron chi connectivity index (χ3n) is 3.58. The highest BCUT2D eigenvalue weighted by Gasteiger charge is 2.28. The molecule has 0 amide bonds. The summed E-state index contributed by atoms with van der Waals surface area (Å²) in [6, 6.07) is 11.1. The average Bonchev–Trinajstić information content (AvgIpc) is 3.10. The number of thiophene rings is 1. The molecule has 124 valence electrons. The van der Waals surface area contributed by atoms with E-state index in [0.29, 0.717) is 20.5 Å². The normalized spacial score (nSPS) is 15.7. The van der Waals surface area contributed by atoms with Gasteiger partial charge in [0.05, 0.1) is 5.02 Å². The second-order valence-corrected chi connectivity index (χ2v) is 7.14. The number of esters is 1. The maximum Gasteiger partial charge on any atom is 0.363 e. The van der Waals surface area contributed by atoms with Gasteiger partial charge < -0.3 is 4.74 Å². The van der Waals surface area contributed by atoms with Crippen LogP contribution in [0.25, 0.3) is 16.2 Å². The predicted octanol–water partition coefficient (Wildman–Crippen LogP) is 5.69. The molecule has 25 heavy (non-hydrogen) atoms. The first-order valence-electron chi connectivity index (χ1n) is 7.17. The van der Waals surface area contributed by atoms with Crippen molar-refractivity contribution in [2.45, 2.75) is 0 Å². The molecule has 1 aliphatic rings. The molecular formula is C18H8Cl2FNO2S. The van der Waals surface area contributed by atoms with Gasteiger partial charge in [-0.1, -0.05) is 41.4 Å². The van der Waals surface area contributed by atoms with Crippen LogP contribution in [0, 0.1) is 5.82 Å². The van der Waals surface area contributed by atoms with Crippen molar-refractivity contribution in [1.82, 2.24) is 0 Å². The molecule has 0 atom stereocenters. The quantitative estimate of drug-likeness (QED) is 0.415. The van der Waals surface area contributed by atoms with Crippen molar-refractivity contribution in [3.63, 3.8) is 0 Å². The molecule has 0 spiro atoms. The van der Waals surface area contributed by atoms with E-state index in [1.807, 2.05) is 6.07 Å². The number of hydrogen-bond acceptors (Lipinski definition) is 4. The number of benzene rings is 2. The molecule has 2 aromatic carbocycles. The minimum absolute atomic E-state index is 0.133. The summed E-state index contributed by atoms with van der Waals surface area (Å²) < 4.78 is 19.1. The van der Waals surface area contributed by atoms with Crippen molar-refractivity contribution in [1.29, 1.82) is 0 Å². The Morgan fingerprint density at radius 3 is 2.64 bits per heavy atom. The van der Waals surface area contributed by atoms with Gasteiger partial charge in [-0.25, -0.2) is 14.2 Å². The van der Waals surface area contributed by atoms with Crippen LogP contribution in [-0.2, 0) is 9.53 Å². The molecule has 1 aromatic heterocycles. The Balaban J connectivity index is 1.75. The molecular weight excluding hydrogens is 384 g/mol. The third kappa shape index (κ3) is 3.06. The van der Waals surface area contributed by atoms with E-state index >= 15 is 0 Å². The number of fused-ring (bicyclic) bond motifs is 1. The molecule has 3 aromatic rings. The maximum atomic E-state index is 13.0. The lowest BCUT2D eigenvalue weighted by atomic mass is 10.2. The zero-order valence-electron chi connectivity index (χ0n) is 12.4. The minimum Gasteiger partial charge on any atom is -0.401 e. The van der Waals surface area contributed by atoms with E-state index in [1.165, 1.54) is 29.5 Å². The van der Waals surface area contributed by atoms with Crippen LogP contribution in [0.15, 0.2) is 53.2 Å². The van der Waals surface area contributed by atoms with Crippen LogP contribution >= 0.6 is 34.5 Å². The Labute approximate surface area is 156 Å². The number of cyclic esters (lactones) is 1. The van der Waals surface area contributed by atoms with Gasteiger partial charge in [0, 0.05) is 15.1 Å². The number of rotatable bonds is 2. The van der Waals surface area contributed by atoms with Crippen LogP contribution in [0.5, 0.6) is 0 Å². The van der Waals surface area contributed by atoms with Crippen molar-refractivity contribution < 1.29 is 13.9 Å². The molecule has 1 aliphatic heterocycles. The van der Waals surface area contributed by atoms with Crippen LogP contribution < -0.4 is 0 Å². The first-order valence-corrected chi connectivity index (χ1v) is 8.74. The lowest BCUT2D eigenvalue weighted by Gasteiger charge is -1.95. The maximum absolute atomic E-state index is 13.0. The number of hydrogen-bond donors (Lipinski definition) is 0. The van der Waals surface area contributed by atoms with Crippen molar-refractivity contribution >= 4 is 62.6 Å². The largest absolute Gasteiger partial charge is 0.401 e. The van der Waals surface area contributed by atoms with Crippen LogP contribution in [0.4, 0.5) is 4.39 Å². The van der Waals surface area contributed by atoms with Gasteiger partial charge in [0.2, 0.25) is 5.90 Å². The Kier molecular flexibility index (Phi) is 4.07. The molecule has 3 nitrogen and oxygen atoms in total. The van der Waals surface area contributed by atoms with E-state index in [2.05, 4.69) is 4.99 Å². The molecule has 2 heterocycles. The van der Waals surface area contributed by atoms with E-state index in [0.717, 1.165) is 10.1 Å². The third-order valence-corrected chi connectivity index (χ3v) is 5.46. The monoisotopic (exact) mass is 391 g/mol. The number of halogens is 3. The van der Waals surface area contributed by atoms with E-state index in [9.17, 15) is 9.18 Å². The Bertz CT molecular complexity index is 1070. The van der Waals surface area contributed by atoms with Gasteiger partial charge in [0.25, 0.3) is 0 Å². The van der Waals surface area contributed by atoms with Crippen LogP contribution in [0.1, 0.15) is 10.4 Å². The topological polar surface area (TPSA) is 38.7 Å². The molecule has 7 heteroatoms. The molecule has 0 aliphatic carbocycles. The van der Waals surface area contributed by atoms with Gasteiger partial charge in [-0.2, -0.15) is 0 Å². The number of ether oxygens (including phenoxy) is 1. The fraction of sp³-hybridized carbons (Fsp3) is 0. The summed E-state index contributed by atoms with van der Waals surface area (Å²) in [5.41, 5.74) is 0.778. The Hall–Kier alpha value is -2.21. The van der Waals surface area contributed by atoms with Crippen LogP contribution in [0.2, 0.25) is 10.0 Å². The van der Waals surface area contributed by atoms with Gasteiger partial charge in [-0.05, 0) is 35.9 Å².